The molecule has 1 unspecified atom stereocenters. The zero-order valence-electron chi connectivity index (χ0n) is 13.2. The van der Waals surface area contributed by atoms with Crippen LogP contribution >= 0.6 is 15.9 Å². The normalized spacial score (nSPS) is 11.7. The molecule has 1 aromatic heterocycles. The van der Waals surface area contributed by atoms with Crippen LogP contribution in [0.4, 0.5) is 0 Å². The molecule has 0 amide bonds. The van der Waals surface area contributed by atoms with Crippen LogP contribution in [0.15, 0.2) is 40.9 Å². The first-order chi connectivity index (χ1) is 11.0. The third-order valence-corrected chi connectivity index (χ3v) is 3.71. The van der Waals surface area contributed by atoms with Crippen LogP contribution in [-0.4, -0.2) is 24.2 Å². The van der Waals surface area contributed by atoms with Crippen LogP contribution in [0.5, 0.6) is 11.5 Å². The third-order valence-electron chi connectivity index (χ3n) is 3.05. The van der Waals surface area contributed by atoms with Crippen molar-refractivity contribution < 1.29 is 19.0 Å². The Morgan fingerprint density at radius 2 is 2.04 bits per heavy atom. The maximum absolute atomic E-state index is 12.0. The summed E-state index contributed by atoms with van der Waals surface area (Å²) in [5.74, 6) is 0.816. The number of carbonyl (C=O) groups excluding carboxylic acids is 1. The largest absolute Gasteiger partial charge is 0.497 e. The number of aryl methyl sites for hydroxylation is 1. The second kappa shape index (κ2) is 7.97. The number of ether oxygens (including phenoxy) is 3. The van der Waals surface area contributed by atoms with Crippen molar-refractivity contribution in [2.75, 3.05) is 7.11 Å². The molecule has 0 aliphatic heterocycles. The summed E-state index contributed by atoms with van der Waals surface area (Å²) < 4.78 is 16.8. The lowest BCUT2D eigenvalue weighted by Gasteiger charge is -2.15. The van der Waals surface area contributed by atoms with Crippen molar-refractivity contribution in [3.8, 4) is 11.5 Å². The van der Waals surface area contributed by atoms with E-state index in [0.717, 1.165) is 10.2 Å². The summed E-state index contributed by atoms with van der Waals surface area (Å²) in [6, 6.07) is 10.9. The molecule has 0 saturated carbocycles. The second-order valence-electron chi connectivity index (χ2n) is 4.94. The fourth-order valence-corrected chi connectivity index (χ4v) is 2.31. The number of halogens is 1. The quantitative estimate of drug-likeness (QED) is 0.716. The lowest BCUT2D eigenvalue weighted by Crippen LogP contribution is -2.26. The highest BCUT2D eigenvalue weighted by Gasteiger charge is 2.18. The van der Waals surface area contributed by atoms with Crippen molar-refractivity contribution in [3.05, 3.63) is 52.3 Å². The zero-order chi connectivity index (χ0) is 16.8. The molecular weight excluding hydrogens is 362 g/mol. The van der Waals surface area contributed by atoms with Crippen LogP contribution in [-0.2, 0) is 16.1 Å². The maximum Gasteiger partial charge on any atom is 0.347 e. The SMILES string of the molecule is COc1cc(C)nc(COC(=O)C(C)Oc2ccccc2Br)c1. The molecular formula is C17H18BrNO4. The number of aromatic nitrogens is 1. The minimum atomic E-state index is -0.722. The first-order valence-corrected chi connectivity index (χ1v) is 7.88. The van der Waals surface area contributed by atoms with Crippen molar-refractivity contribution in [2.45, 2.75) is 26.6 Å². The molecule has 0 radical (unpaired) electrons. The lowest BCUT2D eigenvalue weighted by atomic mass is 10.3. The van der Waals surface area contributed by atoms with Crippen LogP contribution in [0.1, 0.15) is 18.3 Å². The van der Waals surface area contributed by atoms with E-state index in [1.54, 1.807) is 26.2 Å². The average molecular weight is 380 g/mol. The number of rotatable bonds is 6. The second-order valence-corrected chi connectivity index (χ2v) is 5.79. The van der Waals surface area contributed by atoms with Gasteiger partial charge in [0.15, 0.2) is 6.10 Å². The van der Waals surface area contributed by atoms with Crippen molar-refractivity contribution in [1.82, 2.24) is 4.98 Å². The molecule has 0 saturated heterocycles. The minimum Gasteiger partial charge on any atom is -0.497 e. The van der Waals surface area contributed by atoms with Gasteiger partial charge in [-0.3, -0.25) is 4.98 Å². The van der Waals surface area contributed by atoms with Crippen molar-refractivity contribution in [1.29, 1.82) is 0 Å². The Morgan fingerprint density at radius 3 is 2.74 bits per heavy atom. The molecule has 0 bridgehead atoms. The van der Waals surface area contributed by atoms with Crippen LogP contribution < -0.4 is 9.47 Å². The standard InChI is InChI=1S/C17H18BrNO4/c1-11-8-14(21-3)9-13(19-11)10-22-17(20)12(2)23-16-7-5-4-6-15(16)18/h4-9,12H,10H2,1-3H3. The van der Waals surface area contributed by atoms with Crippen molar-refractivity contribution in [2.24, 2.45) is 0 Å². The van der Waals surface area contributed by atoms with Gasteiger partial charge in [0.1, 0.15) is 18.1 Å². The smallest absolute Gasteiger partial charge is 0.347 e. The van der Waals surface area contributed by atoms with Crippen molar-refractivity contribution >= 4 is 21.9 Å². The van der Waals surface area contributed by atoms with Gasteiger partial charge in [0.05, 0.1) is 17.3 Å². The molecule has 122 valence electrons. The molecule has 2 rings (SSSR count). The van der Waals surface area contributed by atoms with E-state index < -0.39 is 12.1 Å². The summed E-state index contributed by atoms with van der Waals surface area (Å²) in [7, 11) is 1.58. The van der Waals surface area contributed by atoms with E-state index in [-0.39, 0.29) is 6.61 Å². The molecule has 1 atom stereocenters. The molecule has 0 aliphatic carbocycles. The molecule has 6 heteroatoms. The van der Waals surface area contributed by atoms with E-state index in [2.05, 4.69) is 20.9 Å². The summed E-state index contributed by atoms with van der Waals surface area (Å²) in [4.78, 5) is 16.4. The third kappa shape index (κ3) is 4.96. The molecule has 2 aromatic rings. The fraction of sp³-hybridized carbons (Fsp3) is 0.294. The maximum atomic E-state index is 12.0. The van der Waals surface area contributed by atoms with Gasteiger partial charge in [-0.25, -0.2) is 4.79 Å². The molecule has 5 nitrogen and oxygen atoms in total. The monoisotopic (exact) mass is 379 g/mol. The highest BCUT2D eigenvalue weighted by atomic mass is 79.9. The summed E-state index contributed by atoms with van der Waals surface area (Å²) in [5, 5.41) is 0. The van der Waals surface area contributed by atoms with E-state index in [1.165, 1.54) is 0 Å². The Hall–Kier alpha value is -2.08. The number of hydrogen-bond acceptors (Lipinski definition) is 5. The Kier molecular flexibility index (Phi) is 5.98. The van der Waals surface area contributed by atoms with Crippen LogP contribution in [0, 0.1) is 6.92 Å². The van der Waals surface area contributed by atoms with Gasteiger partial charge < -0.3 is 14.2 Å². The number of para-hydroxylation sites is 1. The predicted octanol–water partition coefficient (Wildman–Crippen LogP) is 3.67. The predicted molar refractivity (Wildman–Crippen MR) is 89.6 cm³/mol. The van der Waals surface area contributed by atoms with Gasteiger partial charge in [0.25, 0.3) is 0 Å². The summed E-state index contributed by atoms with van der Waals surface area (Å²) in [5.41, 5.74) is 1.43. The van der Waals surface area contributed by atoms with E-state index >= 15 is 0 Å². The van der Waals surface area contributed by atoms with E-state index in [0.29, 0.717) is 17.2 Å². The summed E-state index contributed by atoms with van der Waals surface area (Å²) in [6.07, 6.45) is -0.722. The molecule has 1 aromatic carbocycles. The molecule has 1 heterocycles. The van der Waals surface area contributed by atoms with E-state index in [1.807, 2.05) is 31.2 Å². The van der Waals surface area contributed by atoms with Gasteiger partial charge in [-0.2, -0.15) is 0 Å². The Labute approximate surface area is 143 Å². The van der Waals surface area contributed by atoms with Crippen LogP contribution in [0.2, 0.25) is 0 Å². The van der Waals surface area contributed by atoms with E-state index in [4.69, 9.17) is 14.2 Å². The minimum absolute atomic E-state index is 0.0700. The topological polar surface area (TPSA) is 57.7 Å². The molecule has 23 heavy (non-hydrogen) atoms. The zero-order valence-corrected chi connectivity index (χ0v) is 14.8. The number of benzene rings is 1. The van der Waals surface area contributed by atoms with Gasteiger partial charge in [-0.05, 0) is 41.9 Å². The van der Waals surface area contributed by atoms with Crippen molar-refractivity contribution in [3.63, 3.8) is 0 Å². The van der Waals surface area contributed by atoms with Gasteiger partial charge in [0, 0.05) is 17.8 Å². The molecule has 0 N–H and O–H groups in total. The molecule has 0 aliphatic rings. The van der Waals surface area contributed by atoms with Gasteiger partial charge >= 0.3 is 5.97 Å². The highest BCUT2D eigenvalue weighted by Crippen LogP contribution is 2.25. The number of methoxy groups -OCH3 is 1. The fourth-order valence-electron chi connectivity index (χ4n) is 1.94. The average Bonchev–Trinajstić information content (AvgIpc) is 2.54. The number of nitrogens with zero attached hydrogens (tertiary/aromatic N) is 1. The Bertz CT molecular complexity index is 690. The number of esters is 1. The first kappa shape index (κ1) is 17.3. The first-order valence-electron chi connectivity index (χ1n) is 7.09. The molecule has 0 fully saturated rings. The van der Waals surface area contributed by atoms with Crippen LogP contribution in [0.25, 0.3) is 0 Å². The highest BCUT2D eigenvalue weighted by molar-refractivity contribution is 9.10. The lowest BCUT2D eigenvalue weighted by molar-refractivity contribution is -0.152. The van der Waals surface area contributed by atoms with Gasteiger partial charge in [0.2, 0.25) is 0 Å². The van der Waals surface area contributed by atoms with Gasteiger partial charge in [-0.1, -0.05) is 12.1 Å². The number of hydrogen-bond donors (Lipinski definition) is 0. The molecule has 0 spiro atoms. The van der Waals surface area contributed by atoms with Crippen LogP contribution in [0.3, 0.4) is 0 Å². The number of carbonyl (C=O) groups is 1. The Balaban J connectivity index is 1.94. The summed E-state index contributed by atoms with van der Waals surface area (Å²) >= 11 is 3.37. The Morgan fingerprint density at radius 1 is 1.30 bits per heavy atom. The number of pyridine rings is 1. The van der Waals surface area contributed by atoms with E-state index in [9.17, 15) is 4.79 Å². The summed E-state index contributed by atoms with van der Waals surface area (Å²) in [6.45, 7) is 3.57. The van der Waals surface area contributed by atoms with Gasteiger partial charge in [-0.15, -0.1) is 0 Å².